The highest BCUT2D eigenvalue weighted by molar-refractivity contribution is 7.85. The Bertz CT molecular complexity index is 640. The van der Waals surface area contributed by atoms with Crippen LogP contribution in [-0.4, -0.2) is 39.1 Å². The van der Waals surface area contributed by atoms with Crippen LogP contribution in [0, 0.1) is 10.1 Å². The summed E-state index contributed by atoms with van der Waals surface area (Å²) >= 11 is 0. The third-order valence-corrected chi connectivity index (χ3v) is 3.90. The van der Waals surface area contributed by atoms with Crippen LogP contribution in [0.15, 0.2) is 24.3 Å². The summed E-state index contributed by atoms with van der Waals surface area (Å²) in [5.41, 5.74) is 0.372. The summed E-state index contributed by atoms with van der Waals surface area (Å²) in [6.45, 7) is 0.305. The molecule has 2 rings (SSSR count). The van der Waals surface area contributed by atoms with Gasteiger partial charge in [0.05, 0.1) is 17.8 Å². The van der Waals surface area contributed by atoms with Crippen LogP contribution in [0.5, 0.6) is 0 Å². The zero-order valence-electron chi connectivity index (χ0n) is 12.7. The standard InChI is InChI=1S/C14H19NO7S/c1-23(18,19)21-10-13(22-14-7-2-3-8-20-14)11-5-4-6-12(9-11)15(16)17/h4-6,9,13-14H,2-3,7-8,10H2,1H3. The van der Waals surface area contributed by atoms with Crippen molar-refractivity contribution in [2.24, 2.45) is 0 Å². The van der Waals surface area contributed by atoms with Crippen LogP contribution in [0.25, 0.3) is 0 Å². The highest BCUT2D eigenvalue weighted by Crippen LogP contribution is 2.27. The summed E-state index contributed by atoms with van der Waals surface area (Å²) in [4.78, 5) is 10.4. The molecule has 128 valence electrons. The lowest BCUT2D eigenvalue weighted by Crippen LogP contribution is -2.27. The van der Waals surface area contributed by atoms with Gasteiger partial charge in [-0.1, -0.05) is 12.1 Å². The molecule has 23 heavy (non-hydrogen) atoms. The lowest BCUT2D eigenvalue weighted by atomic mass is 10.1. The molecule has 1 aromatic rings. The quantitative estimate of drug-likeness (QED) is 0.423. The molecular weight excluding hydrogens is 326 g/mol. The van der Waals surface area contributed by atoms with Gasteiger partial charge in [-0.25, -0.2) is 0 Å². The Morgan fingerprint density at radius 1 is 1.43 bits per heavy atom. The molecule has 0 N–H and O–H groups in total. The second kappa shape index (κ2) is 7.82. The van der Waals surface area contributed by atoms with Crippen molar-refractivity contribution < 1.29 is 27.0 Å². The molecular formula is C14H19NO7S. The van der Waals surface area contributed by atoms with Crippen LogP contribution in [0.3, 0.4) is 0 Å². The van der Waals surface area contributed by atoms with Gasteiger partial charge < -0.3 is 9.47 Å². The van der Waals surface area contributed by atoms with E-state index in [0.29, 0.717) is 18.6 Å². The van der Waals surface area contributed by atoms with Crippen LogP contribution in [0.4, 0.5) is 5.69 Å². The summed E-state index contributed by atoms with van der Waals surface area (Å²) in [6.07, 6.45) is 2.27. The molecule has 9 heteroatoms. The topological polar surface area (TPSA) is 105 Å². The number of nitro benzene ring substituents is 1. The number of non-ortho nitro benzene ring substituents is 1. The van der Waals surface area contributed by atoms with E-state index < -0.39 is 27.4 Å². The minimum Gasteiger partial charge on any atom is -0.353 e. The molecule has 0 amide bonds. The normalized spacial score (nSPS) is 20.1. The van der Waals surface area contributed by atoms with Crippen LogP contribution in [0.2, 0.25) is 0 Å². The minimum atomic E-state index is -3.65. The molecule has 2 unspecified atom stereocenters. The molecule has 1 aliphatic rings. The van der Waals surface area contributed by atoms with E-state index in [2.05, 4.69) is 0 Å². The van der Waals surface area contributed by atoms with Crippen LogP contribution in [0.1, 0.15) is 30.9 Å². The van der Waals surface area contributed by atoms with E-state index >= 15 is 0 Å². The van der Waals surface area contributed by atoms with Gasteiger partial charge in [-0.2, -0.15) is 8.42 Å². The number of nitro groups is 1. The SMILES string of the molecule is CS(=O)(=O)OCC(OC1CCCCO1)c1cccc([N+](=O)[O-])c1. The van der Waals surface area contributed by atoms with Gasteiger partial charge in [-0.3, -0.25) is 14.3 Å². The van der Waals surface area contributed by atoms with E-state index in [1.807, 2.05) is 0 Å². The van der Waals surface area contributed by atoms with Gasteiger partial charge in [-0.15, -0.1) is 0 Å². The van der Waals surface area contributed by atoms with E-state index in [9.17, 15) is 18.5 Å². The summed E-state index contributed by atoms with van der Waals surface area (Å²) < 4.78 is 38.5. The number of nitrogens with zero attached hydrogens (tertiary/aromatic N) is 1. The molecule has 0 bridgehead atoms. The summed E-state index contributed by atoms with van der Waals surface area (Å²) in [7, 11) is -3.65. The first-order valence-electron chi connectivity index (χ1n) is 7.21. The molecule has 0 aromatic heterocycles. The first-order chi connectivity index (χ1) is 10.8. The molecule has 0 radical (unpaired) electrons. The van der Waals surface area contributed by atoms with Gasteiger partial charge in [0.2, 0.25) is 0 Å². The van der Waals surface area contributed by atoms with Gasteiger partial charge in [0.25, 0.3) is 15.8 Å². The maximum absolute atomic E-state index is 11.2. The maximum atomic E-state index is 11.2. The van der Waals surface area contributed by atoms with Crippen molar-refractivity contribution in [1.82, 2.24) is 0 Å². The lowest BCUT2D eigenvalue weighted by molar-refractivity contribution is -0.385. The molecule has 1 aliphatic heterocycles. The molecule has 0 saturated carbocycles. The predicted octanol–water partition coefficient (Wildman–Crippen LogP) is 2.16. The van der Waals surface area contributed by atoms with Gasteiger partial charge in [0.15, 0.2) is 6.29 Å². The van der Waals surface area contributed by atoms with Gasteiger partial charge >= 0.3 is 0 Å². The molecule has 1 heterocycles. The van der Waals surface area contributed by atoms with E-state index in [0.717, 1.165) is 19.1 Å². The Balaban J connectivity index is 2.17. The third kappa shape index (κ3) is 5.87. The number of benzene rings is 1. The first kappa shape index (κ1) is 17.8. The largest absolute Gasteiger partial charge is 0.353 e. The Kier molecular flexibility index (Phi) is 6.05. The number of rotatable bonds is 7. The van der Waals surface area contributed by atoms with E-state index in [4.69, 9.17) is 13.7 Å². The van der Waals surface area contributed by atoms with Crippen molar-refractivity contribution in [3.63, 3.8) is 0 Å². The van der Waals surface area contributed by atoms with Crippen molar-refractivity contribution in [3.05, 3.63) is 39.9 Å². The Hall–Kier alpha value is -1.55. The summed E-state index contributed by atoms with van der Waals surface area (Å²) in [5, 5.41) is 10.9. The summed E-state index contributed by atoms with van der Waals surface area (Å²) in [6, 6.07) is 5.85. The molecule has 0 spiro atoms. The monoisotopic (exact) mass is 345 g/mol. The molecule has 1 fully saturated rings. The van der Waals surface area contributed by atoms with E-state index in [1.165, 1.54) is 18.2 Å². The smallest absolute Gasteiger partial charge is 0.269 e. The Morgan fingerprint density at radius 2 is 2.22 bits per heavy atom. The highest BCUT2D eigenvalue weighted by Gasteiger charge is 2.24. The van der Waals surface area contributed by atoms with Crippen molar-refractivity contribution >= 4 is 15.8 Å². The lowest BCUT2D eigenvalue weighted by Gasteiger charge is -2.27. The average Bonchev–Trinajstić information content (AvgIpc) is 2.51. The molecule has 0 aliphatic carbocycles. The van der Waals surface area contributed by atoms with E-state index in [1.54, 1.807) is 6.07 Å². The Labute approximate surface area is 134 Å². The van der Waals surface area contributed by atoms with Gasteiger partial charge in [0, 0.05) is 18.7 Å². The average molecular weight is 345 g/mol. The third-order valence-electron chi connectivity index (χ3n) is 3.34. The zero-order valence-corrected chi connectivity index (χ0v) is 13.5. The fourth-order valence-corrected chi connectivity index (χ4v) is 2.61. The second-order valence-corrected chi connectivity index (χ2v) is 6.91. The molecule has 2 atom stereocenters. The molecule has 8 nitrogen and oxygen atoms in total. The zero-order chi connectivity index (χ0) is 16.9. The van der Waals surface area contributed by atoms with Crippen LogP contribution in [-0.2, 0) is 23.8 Å². The van der Waals surface area contributed by atoms with Crippen molar-refractivity contribution in [2.75, 3.05) is 19.5 Å². The highest BCUT2D eigenvalue weighted by atomic mass is 32.2. The minimum absolute atomic E-state index is 0.0972. The fraction of sp³-hybridized carbons (Fsp3) is 0.571. The van der Waals surface area contributed by atoms with E-state index in [-0.39, 0.29) is 12.3 Å². The van der Waals surface area contributed by atoms with Crippen LogP contribution < -0.4 is 0 Å². The van der Waals surface area contributed by atoms with Crippen molar-refractivity contribution in [1.29, 1.82) is 0 Å². The fourth-order valence-electron chi connectivity index (χ4n) is 2.24. The van der Waals surface area contributed by atoms with Crippen molar-refractivity contribution in [2.45, 2.75) is 31.7 Å². The number of hydrogen-bond donors (Lipinski definition) is 0. The Morgan fingerprint density at radius 3 is 2.83 bits per heavy atom. The number of hydrogen-bond acceptors (Lipinski definition) is 7. The van der Waals surface area contributed by atoms with Gasteiger partial charge in [-0.05, 0) is 24.8 Å². The second-order valence-electron chi connectivity index (χ2n) is 5.26. The van der Waals surface area contributed by atoms with Crippen LogP contribution >= 0.6 is 0 Å². The first-order valence-corrected chi connectivity index (χ1v) is 9.02. The molecule has 1 saturated heterocycles. The van der Waals surface area contributed by atoms with Crippen molar-refractivity contribution in [3.8, 4) is 0 Å². The predicted molar refractivity (Wildman–Crippen MR) is 81.3 cm³/mol. The number of ether oxygens (including phenoxy) is 2. The summed E-state index contributed by atoms with van der Waals surface area (Å²) in [5.74, 6) is 0. The van der Waals surface area contributed by atoms with Gasteiger partial charge in [0.1, 0.15) is 6.10 Å². The maximum Gasteiger partial charge on any atom is 0.269 e. The molecule has 1 aromatic carbocycles.